The van der Waals surface area contributed by atoms with Crippen LogP contribution in [0, 0.1) is 0 Å². The molecule has 0 atom stereocenters. The zero-order chi connectivity index (χ0) is 41.8. The Morgan fingerprint density at radius 2 is 0.919 bits per heavy atom. The standard InChI is InChI=1S/C51H26B5N5S/c52-42-43(53)45(55)47(46(56)44(42)54)61-36-18-7-4-15-31(36)35-26-29(21-23-38(35)61)51-58-49(27-11-2-1-3-12-27)57-50(59-51)28-13-10-14-30(25-28)60-37-19-8-5-17-34(37)41-39(60)24-22-33-32-16-6-9-20-40(32)62-48(33)41/h1-26H. The number of rotatable bonds is 5. The Bertz CT molecular complexity index is 3810. The summed E-state index contributed by atoms with van der Waals surface area (Å²) in [6.45, 7) is 0. The lowest BCUT2D eigenvalue weighted by Crippen LogP contribution is -2.56. The van der Waals surface area contributed by atoms with Crippen LogP contribution >= 0.6 is 11.3 Å². The molecular weight excluding hydrogens is 769 g/mol. The van der Waals surface area contributed by atoms with Crippen LogP contribution < -0.4 is 27.3 Å². The van der Waals surface area contributed by atoms with Crippen molar-refractivity contribution in [3.63, 3.8) is 0 Å². The summed E-state index contributed by atoms with van der Waals surface area (Å²) in [7, 11) is 32.2. The number of thiophene rings is 1. The molecule has 62 heavy (non-hydrogen) atoms. The van der Waals surface area contributed by atoms with E-state index in [1.54, 1.807) is 0 Å². The lowest BCUT2D eigenvalue weighted by molar-refractivity contribution is 1.07. The van der Waals surface area contributed by atoms with Crippen molar-refractivity contribution in [3.8, 4) is 45.5 Å². The zero-order valence-electron chi connectivity index (χ0n) is 33.0. The van der Waals surface area contributed by atoms with Gasteiger partial charge in [-0.2, -0.15) is 0 Å². The number of benzene rings is 8. The van der Waals surface area contributed by atoms with E-state index in [0.29, 0.717) is 23.2 Å². The molecule has 0 spiro atoms. The van der Waals surface area contributed by atoms with Crippen LogP contribution in [0.25, 0.3) is 109 Å². The van der Waals surface area contributed by atoms with E-state index in [4.69, 9.17) is 54.2 Å². The summed E-state index contributed by atoms with van der Waals surface area (Å²) in [5, 5.41) is 6.94. The maximum atomic E-state index is 6.63. The predicted molar refractivity (Wildman–Crippen MR) is 265 cm³/mol. The summed E-state index contributed by atoms with van der Waals surface area (Å²) in [6, 6.07) is 54.4. The van der Waals surface area contributed by atoms with Crippen molar-refractivity contribution in [1.29, 1.82) is 0 Å². The molecule has 0 aliphatic rings. The van der Waals surface area contributed by atoms with Crippen LogP contribution in [0.2, 0.25) is 0 Å². The lowest BCUT2D eigenvalue weighted by Gasteiger charge is -2.23. The van der Waals surface area contributed by atoms with Crippen molar-refractivity contribution >= 4 is 142 Å². The average molecular weight is 795 g/mol. The largest absolute Gasteiger partial charge is 0.310 e. The van der Waals surface area contributed by atoms with Crippen LogP contribution in [-0.4, -0.2) is 63.3 Å². The summed E-state index contributed by atoms with van der Waals surface area (Å²) in [5.74, 6) is 1.65. The molecule has 0 fully saturated rings. The van der Waals surface area contributed by atoms with Gasteiger partial charge in [-0.1, -0.05) is 114 Å². The summed E-state index contributed by atoms with van der Waals surface area (Å²) >= 11 is 1.85. The summed E-state index contributed by atoms with van der Waals surface area (Å²) in [5.41, 5.74) is 9.10. The van der Waals surface area contributed by atoms with E-state index < -0.39 is 0 Å². The van der Waals surface area contributed by atoms with Gasteiger partial charge in [-0.3, -0.25) is 0 Å². The average Bonchev–Trinajstić information content (AvgIpc) is 3.98. The Morgan fingerprint density at radius 1 is 0.371 bits per heavy atom. The summed E-state index contributed by atoms with van der Waals surface area (Å²) < 4.78 is 6.91. The highest BCUT2D eigenvalue weighted by Gasteiger charge is 2.21. The molecule has 0 aliphatic heterocycles. The molecule has 0 N–H and O–H groups in total. The molecule has 8 aromatic carbocycles. The van der Waals surface area contributed by atoms with E-state index in [1.807, 2.05) is 76.6 Å². The fourth-order valence-electron chi connectivity index (χ4n) is 9.08. The monoisotopic (exact) mass is 795 g/mol. The van der Waals surface area contributed by atoms with Crippen molar-refractivity contribution in [2.75, 3.05) is 0 Å². The molecule has 0 bridgehead atoms. The van der Waals surface area contributed by atoms with Crippen molar-refractivity contribution in [1.82, 2.24) is 24.1 Å². The Morgan fingerprint density at radius 3 is 1.66 bits per heavy atom. The molecule has 4 aromatic heterocycles. The van der Waals surface area contributed by atoms with Crippen LogP contribution in [0.3, 0.4) is 0 Å². The number of fused-ring (bicyclic) bond motifs is 10. The van der Waals surface area contributed by atoms with Crippen molar-refractivity contribution in [2.45, 2.75) is 0 Å². The van der Waals surface area contributed by atoms with Crippen molar-refractivity contribution in [3.05, 3.63) is 158 Å². The Kier molecular flexibility index (Phi) is 8.28. The van der Waals surface area contributed by atoms with Crippen molar-refractivity contribution < 1.29 is 0 Å². The molecular formula is C51H26B5N5S. The molecule has 0 saturated heterocycles. The molecule has 276 valence electrons. The normalized spacial score (nSPS) is 11.9. The number of para-hydroxylation sites is 2. The second kappa shape index (κ2) is 14.0. The van der Waals surface area contributed by atoms with Crippen LogP contribution in [0.1, 0.15) is 0 Å². The molecule has 12 rings (SSSR count). The fraction of sp³-hybridized carbons (Fsp3) is 0. The summed E-state index contributed by atoms with van der Waals surface area (Å²) in [6.07, 6.45) is 0. The predicted octanol–water partition coefficient (Wildman–Crippen LogP) is 7.40. The SMILES string of the molecule is [B]c1c([B])c([B])c(-n2c3ccccc3c3cc(-c4nc(-c5ccccc5)nc(-c5cccc(-n6c7ccccc7c7c8sc9ccccc9c8ccc76)c5)n4)ccc32)c([B])c1[B]. The first-order valence-electron chi connectivity index (χ1n) is 20.1. The maximum Gasteiger partial charge on any atom is 0.164 e. The van der Waals surface area contributed by atoms with Gasteiger partial charge in [-0.15, -0.1) is 27.7 Å². The molecule has 5 nitrogen and oxygen atoms in total. The van der Waals surface area contributed by atoms with Crippen LogP contribution in [0.15, 0.2) is 158 Å². The van der Waals surface area contributed by atoms with Crippen LogP contribution in [0.4, 0.5) is 0 Å². The van der Waals surface area contributed by atoms with Crippen molar-refractivity contribution in [2.24, 2.45) is 0 Å². The second-order valence-corrected chi connectivity index (χ2v) is 16.6. The highest BCUT2D eigenvalue weighted by atomic mass is 32.1. The quantitative estimate of drug-likeness (QED) is 0.171. The minimum Gasteiger partial charge on any atom is -0.310 e. The van der Waals surface area contributed by atoms with Gasteiger partial charge >= 0.3 is 0 Å². The van der Waals surface area contributed by atoms with Crippen LogP contribution in [-0.2, 0) is 0 Å². The first kappa shape index (κ1) is 36.7. The molecule has 0 amide bonds. The minimum atomic E-state index is 0.167. The highest BCUT2D eigenvalue weighted by Crippen LogP contribution is 2.43. The van der Waals surface area contributed by atoms with Gasteiger partial charge in [-0.25, -0.2) is 15.0 Å². The molecule has 4 heterocycles. The summed E-state index contributed by atoms with van der Waals surface area (Å²) in [4.78, 5) is 15.4. The fourth-order valence-corrected chi connectivity index (χ4v) is 10.3. The van der Waals surface area contributed by atoms with E-state index in [-0.39, 0.29) is 27.3 Å². The second-order valence-electron chi connectivity index (χ2n) is 15.5. The third kappa shape index (κ3) is 5.44. The molecule has 0 unspecified atom stereocenters. The number of hydrogen-bond acceptors (Lipinski definition) is 4. The van der Waals surface area contributed by atoms with Gasteiger partial charge in [0.25, 0.3) is 0 Å². The third-order valence-electron chi connectivity index (χ3n) is 12.0. The number of aromatic nitrogens is 5. The smallest absolute Gasteiger partial charge is 0.164 e. The Labute approximate surface area is 367 Å². The van der Waals surface area contributed by atoms with Gasteiger partial charge in [0.2, 0.25) is 0 Å². The van der Waals surface area contributed by atoms with E-state index in [1.165, 1.54) is 30.9 Å². The van der Waals surface area contributed by atoms with E-state index in [0.717, 1.165) is 55.2 Å². The molecule has 11 heteroatoms. The third-order valence-corrected chi connectivity index (χ3v) is 13.2. The first-order chi connectivity index (χ1) is 30.3. The van der Waals surface area contributed by atoms with E-state index in [9.17, 15) is 0 Å². The van der Waals surface area contributed by atoms with Gasteiger partial charge in [0, 0.05) is 69.8 Å². The Hall–Kier alpha value is -7.09. The molecule has 12 aromatic rings. The molecule has 0 aliphatic carbocycles. The topological polar surface area (TPSA) is 48.5 Å². The van der Waals surface area contributed by atoms with Gasteiger partial charge in [-0.05, 0) is 54.6 Å². The van der Waals surface area contributed by atoms with E-state index in [2.05, 4.69) is 102 Å². The van der Waals surface area contributed by atoms with Gasteiger partial charge in [0.15, 0.2) is 17.5 Å². The van der Waals surface area contributed by atoms with Crippen LogP contribution in [0.5, 0.6) is 0 Å². The highest BCUT2D eigenvalue weighted by molar-refractivity contribution is 7.26. The van der Waals surface area contributed by atoms with Gasteiger partial charge < -0.3 is 9.13 Å². The first-order valence-corrected chi connectivity index (χ1v) is 21.0. The Balaban J connectivity index is 1.05. The molecule has 10 radical (unpaired) electrons. The number of hydrogen-bond donors (Lipinski definition) is 0. The minimum absolute atomic E-state index is 0.167. The maximum absolute atomic E-state index is 6.63. The van der Waals surface area contributed by atoms with Gasteiger partial charge in [0.1, 0.15) is 39.2 Å². The van der Waals surface area contributed by atoms with E-state index >= 15 is 0 Å². The number of nitrogens with zero attached hydrogens (tertiary/aromatic N) is 5. The lowest BCUT2D eigenvalue weighted by atomic mass is 9.61. The molecule has 0 saturated carbocycles. The van der Waals surface area contributed by atoms with Gasteiger partial charge in [0.05, 0.1) is 22.1 Å². The zero-order valence-corrected chi connectivity index (χ0v) is 33.9.